The smallest absolute Gasteiger partial charge is 0.110 e. The maximum absolute atomic E-state index is 7.83. The van der Waals surface area contributed by atoms with Crippen LogP contribution in [0.4, 0.5) is 0 Å². The van der Waals surface area contributed by atoms with E-state index in [-0.39, 0.29) is 0 Å². The van der Waals surface area contributed by atoms with E-state index < -0.39 is 0 Å². The highest BCUT2D eigenvalue weighted by atomic mass is 16.5. The number of hydrogen-bond donors (Lipinski definition) is 2. The van der Waals surface area contributed by atoms with Crippen LogP contribution in [0.5, 0.6) is 0 Å². The first kappa shape index (κ1) is 2.51. The second-order valence-electron chi connectivity index (χ2n) is 0.814. The summed E-state index contributed by atoms with van der Waals surface area (Å²) in [6.45, 7) is 0. The monoisotopic (exact) mass is 69.0 g/mol. The third-order valence-corrected chi connectivity index (χ3v) is 0.409. The minimum atomic E-state index is 0.685. The molecule has 0 radical (unpaired) electrons. The summed E-state index contributed by atoms with van der Waals surface area (Å²) in [7, 11) is 0. The van der Waals surface area contributed by atoms with Crippen LogP contribution in [0.3, 0.4) is 0 Å². The summed E-state index contributed by atoms with van der Waals surface area (Å²) in [5.74, 6) is 0. The van der Waals surface area contributed by atoms with Crippen LogP contribution in [0.2, 0.25) is 0 Å². The van der Waals surface area contributed by atoms with Gasteiger partial charge in [-0.05, 0) is 0 Å². The Balaban J connectivity index is 2.30. The summed E-state index contributed by atoms with van der Waals surface area (Å²) in [5, 5.41) is 7.83. The van der Waals surface area contributed by atoms with Crippen molar-refractivity contribution in [3.05, 3.63) is 17.5 Å². The number of rotatable bonds is 1. The molecule has 0 spiro atoms. The molecule has 1 aliphatic carbocycles. The maximum atomic E-state index is 7.83. The minimum absolute atomic E-state index is 0.685. The van der Waals surface area contributed by atoms with Crippen molar-refractivity contribution in [2.75, 3.05) is 0 Å². The summed E-state index contributed by atoms with van der Waals surface area (Å²) >= 11 is 0. The fourth-order valence-electron chi connectivity index (χ4n) is 0.101. The maximum Gasteiger partial charge on any atom is 0.110 e. The molecule has 2 nitrogen and oxygen atoms in total. The van der Waals surface area contributed by atoms with E-state index >= 15 is 0 Å². The molecule has 2 heteroatoms. The minimum Gasteiger partial charge on any atom is -0.290 e. The van der Waals surface area contributed by atoms with E-state index in [9.17, 15) is 0 Å². The van der Waals surface area contributed by atoms with Crippen molar-refractivity contribution in [3.63, 3.8) is 0 Å². The largest absolute Gasteiger partial charge is 0.290 e. The van der Waals surface area contributed by atoms with Crippen LogP contribution in [-0.4, -0.2) is 5.21 Å². The zero-order valence-corrected chi connectivity index (χ0v) is 2.52. The van der Waals surface area contributed by atoms with Gasteiger partial charge < -0.3 is 0 Å². The van der Waals surface area contributed by atoms with E-state index in [4.69, 9.17) is 5.21 Å². The number of hydrogen-bond acceptors (Lipinski definition) is 2. The topological polar surface area (TPSA) is 32.3 Å². The summed E-state index contributed by atoms with van der Waals surface area (Å²) < 4.78 is 0. The summed E-state index contributed by atoms with van der Waals surface area (Å²) in [4.78, 5) is 0. The van der Waals surface area contributed by atoms with Gasteiger partial charge in [-0.15, -0.1) is 0 Å². The average Bonchev–Trinajstić information content (AvgIpc) is 2.12. The van der Waals surface area contributed by atoms with E-state index in [0.29, 0.717) is 5.70 Å². The standard InChI is InChI=1S/C3H3NO/c5-4-3-1-2-3/h1,4-5H. The Labute approximate surface area is 29.4 Å². The fraction of sp³-hybridized carbons (Fsp3) is 0. The number of hydroxylamine groups is 1. The van der Waals surface area contributed by atoms with Crippen molar-refractivity contribution < 1.29 is 5.21 Å². The highest BCUT2D eigenvalue weighted by molar-refractivity contribution is 5.27. The lowest BCUT2D eigenvalue weighted by molar-refractivity contribution is 0.208. The van der Waals surface area contributed by atoms with E-state index in [0.717, 1.165) is 0 Å². The molecule has 0 saturated heterocycles. The van der Waals surface area contributed by atoms with Crippen molar-refractivity contribution in [1.29, 1.82) is 0 Å². The van der Waals surface area contributed by atoms with Crippen molar-refractivity contribution >= 4 is 0 Å². The molecule has 5 heavy (non-hydrogen) atoms. The molecule has 1 rings (SSSR count). The molecule has 0 saturated carbocycles. The Hall–Kier alpha value is -0.720. The van der Waals surface area contributed by atoms with Gasteiger partial charge in [-0.1, -0.05) is 5.73 Å². The van der Waals surface area contributed by atoms with Gasteiger partial charge in [-0.25, -0.2) is 0 Å². The predicted molar refractivity (Wildman–Crippen MR) is 16.5 cm³/mol. The van der Waals surface area contributed by atoms with Gasteiger partial charge in [0.1, 0.15) is 5.70 Å². The molecule has 26 valence electrons. The summed E-state index contributed by atoms with van der Waals surface area (Å²) in [6.07, 6.45) is 1.65. The Kier molecular flexibility index (Phi) is 0.307. The quantitative estimate of drug-likeness (QED) is 0.336. The second kappa shape index (κ2) is 0.612. The van der Waals surface area contributed by atoms with E-state index in [2.05, 4.69) is 5.73 Å². The SMILES string of the molecule is ONC1=C=C1. The van der Waals surface area contributed by atoms with Crippen LogP contribution in [0, 0.1) is 0 Å². The average molecular weight is 69.1 g/mol. The lowest BCUT2D eigenvalue weighted by Gasteiger charge is -1.75. The van der Waals surface area contributed by atoms with Gasteiger partial charge in [0.25, 0.3) is 0 Å². The van der Waals surface area contributed by atoms with Gasteiger partial charge in [-0.2, -0.15) is 0 Å². The molecule has 0 aliphatic heterocycles. The predicted octanol–water partition coefficient (Wildman–Crippen LogP) is 0.0178. The molecule has 0 aromatic carbocycles. The normalized spacial score (nSPS) is 14.2. The molecule has 0 amide bonds. The molecule has 1 aliphatic rings. The Bertz CT molecular complexity index is 99.5. The first-order chi connectivity index (χ1) is 2.43. The number of nitrogens with one attached hydrogen (secondary N) is 1. The molecule has 0 heterocycles. The molecule has 0 unspecified atom stereocenters. The highest BCUT2D eigenvalue weighted by Gasteiger charge is 1.90. The third-order valence-electron chi connectivity index (χ3n) is 0.409. The molecule has 0 bridgehead atoms. The van der Waals surface area contributed by atoms with Crippen molar-refractivity contribution in [2.24, 2.45) is 0 Å². The summed E-state index contributed by atoms with van der Waals surface area (Å²) in [6, 6.07) is 0. The lowest BCUT2D eigenvalue weighted by atomic mass is 10.8. The first-order valence-electron chi connectivity index (χ1n) is 1.30. The zero-order chi connectivity index (χ0) is 3.70. The molecule has 2 N–H and O–H groups in total. The first-order valence-corrected chi connectivity index (χ1v) is 1.30. The molecule has 0 fully saturated rings. The van der Waals surface area contributed by atoms with Crippen LogP contribution in [0.1, 0.15) is 0 Å². The lowest BCUT2D eigenvalue weighted by Crippen LogP contribution is -1.95. The fourth-order valence-corrected chi connectivity index (χ4v) is 0.101. The third kappa shape index (κ3) is 0.293. The van der Waals surface area contributed by atoms with Gasteiger partial charge in [0.2, 0.25) is 0 Å². The molecular weight excluding hydrogens is 66.0 g/mol. The van der Waals surface area contributed by atoms with Crippen LogP contribution < -0.4 is 5.48 Å². The van der Waals surface area contributed by atoms with Gasteiger partial charge in [0, 0.05) is 6.08 Å². The van der Waals surface area contributed by atoms with E-state index in [1.807, 2.05) is 5.48 Å². The zero-order valence-electron chi connectivity index (χ0n) is 2.52. The molecule has 0 aromatic heterocycles. The van der Waals surface area contributed by atoms with Crippen LogP contribution in [0.15, 0.2) is 17.5 Å². The Morgan fingerprint density at radius 3 is 2.60 bits per heavy atom. The molecule has 0 atom stereocenters. The van der Waals surface area contributed by atoms with Crippen molar-refractivity contribution in [2.45, 2.75) is 0 Å². The van der Waals surface area contributed by atoms with Gasteiger partial charge >= 0.3 is 0 Å². The van der Waals surface area contributed by atoms with Crippen LogP contribution in [0.25, 0.3) is 0 Å². The van der Waals surface area contributed by atoms with Gasteiger partial charge in [0.05, 0.1) is 0 Å². The van der Waals surface area contributed by atoms with Gasteiger partial charge in [-0.3, -0.25) is 10.7 Å². The Morgan fingerprint density at radius 1 is 2.00 bits per heavy atom. The van der Waals surface area contributed by atoms with Gasteiger partial charge in [0.15, 0.2) is 0 Å². The van der Waals surface area contributed by atoms with Crippen molar-refractivity contribution in [1.82, 2.24) is 5.48 Å². The summed E-state index contributed by atoms with van der Waals surface area (Å²) in [5.41, 5.74) is 5.19. The van der Waals surface area contributed by atoms with E-state index in [1.165, 1.54) is 0 Å². The highest BCUT2D eigenvalue weighted by Crippen LogP contribution is 1.96. The Morgan fingerprint density at radius 2 is 2.60 bits per heavy atom. The van der Waals surface area contributed by atoms with E-state index in [1.54, 1.807) is 6.08 Å². The second-order valence-corrected chi connectivity index (χ2v) is 0.814. The van der Waals surface area contributed by atoms with Crippen molar-refractivity contribution in [3.8, 4) is 0 Å². The van der Waals surface area contributed by atoms with Crippen LogP contribution in [-0.2, 0) is 0 Å². The molecule has 0 aromatic rings. The molecular formula is C3H3NO. The van der Waals surface area contributed by atoms with Crippen LogP contribution >= 0.6 is 0 Å².